The minimum absolute atomic E-state index is 0.959. The first-order chi connectivity index (χ1) is 12.9. The molecule has 0 saturated heterocycles. The Morgan fingerprint density at radius 3 is 2.42 bits per heavy atom. The van der Waals surface area contributed by atoms with Crippen LogP contribution in [0, 0.1) is 10.4 Å². The van der Waals surface area contributed by atoms with E-state index in [1.54, 1.807) is 0 Å². The molecule has 26 heavy (non-hydrogen) atoms. The van der Waals surface area contributed by atoms with Crippen molar-refractivity contribution in [1.29, 1.82) is 0 Å². The molecule has 120 valence electrons. The molecule has 0 radical (unpaired) electrons. The molecule has 0 aliphatic carbocycles. The number of para-hydroxylation sites is 1. The number of rotatable bonds is 1. The lowest BCUT2D eigenvalue weighted by Gasteiger charge is -2.09. The lowest BCUT2D eigenvalue weighted by Crippen LogP contribution is -2.01. The van der Waals surface area contributed by atoms with Crippen molar-refractivity contribution in [2.75, 3.05) is 0 Å². The molecule has 0 unspecified atom stereocenters. The first-order valence-corrected chi connectivity index (χ1v) is 8.65. The smallest absolute Gasteiger partial charge is 0.0817 e. The average Bonchev–Trinajstić information content (AvgIpc) is 3.26. The normalized spacial score (nSPS) is 12.5. The van der Waals surface area contributed by atoms with Crippen LogP contribution in [-0.2, 0) is 0 Å². The van der Waals surface area contributed by atoms with Crippen molar-refractivity contribution in [2.24, 2.45) is 9.98 Å². The number of hydrogen-bond donors (Lipinski definition) is 0. The standard InChI is InChI=1S/C23H13N3/c1-2-9-18-14(6-1)15-11-12-20-22(23(15)26-18)21-16(7-5-10-19(21)25-20)17-8-3-4-13-24-17/h1-13H. The van der Waals surface area contributed by atoms with Gasteiger partial charge in [0, 0.05) is 33.3 Å². The molecule has 0 saturated carbocycles. The van der Waals surface area contributed by atoms with Crippen molar-refractivity contribution < 1.29 is 0 Å². The van der Waals surface area contributed by atoms with E-state index in [2.05, 4.69) is 47.4 Å². The third-order valence-corrected chi connectivity index (χ3v) is 5.06. The first-order valence-electron chi connectivity index (χ1n) is 8.65. The van der Waals surface area contributed by atoms with Crippen LogP contribution in [0.4, 0.5) is 11.4 Å². The molecule has 1 aromatic heterocycles. The van der Waals surface area contributed by atoms with Gasteiger partial charge in [-0.2, -0.15) is 0 Å². The highest BCUT2D eigenvalue weighted by Crippen LogP contribution is 2.44. The summed E-state index contributed by atoms with van der Waals surface area (Å²) in [4.78, 5) is 14.4. The highest BCUT2D eigenvalue weighted by Gasteiger charge is 2.23. The molecule has 0 spiro atoms. The molecule has 3 nitrogen and oxygen atoms in total. The van der Waals surface area contributed by atoms with Gasteiger partial charge in [0.1, 0.15) is 0 Å². The maximum atomic E-state index is 4.94. The van der Waals surface area contributed by atoms with Crippen molar-refractivity contribution in [2.45, 2.75) is 0 Å². The summed E-state index contributed by atoms with van der Waals surface area (Å²) in [5.74, 6) is 0. The molecule has 2 aliphatic heterocycles. The molecule has 0 fully saturated rings. The van der Waals surface area contributed by atoms with Gasteiger partial charge >= 0.3 is 0 Å². The summed E-state index contributed by atoms with van der Waals surface area (Å²) in [6.45, 7) is 0. The fourth-order valence-corrected chi connectivity index (χ4v) is 3.93. The fourth-order valence-electron chi connectivity index (χ4n) is 3.93. The Balaban J connectivity index is 1.76. The number of fused-ring (bicyclic) bond motifs is 6. The highest BCUT2D eigenvalue weighted by atomic mass is 14.8. The lowest BCUT2D eigenvalue weighted by molar-refractivity contribution is 1.33. The SMILES string of the molecule is c1ccc(-c2cccc3c2-c2c4c(ccc2=N3)=c2ccccc2=N4)nc1. The van der Waals surface area contributed by atoms with Crippen LogP contribution in [0.3, 0.4) is 0 Å². The van der Waals surface area contributed by atoms with Gasteiger partial charge in [0.05, 0.1) is 27.8 Å². The third kappa shape index (κ3) is 1.74. The zero-order valence-electron chi connectivity index (χ0n) is 13.8. The van der Waals surface area contributed by atoms with Gasteiger partial charge in [-0.3, -0.25) is 4.98 Å². The van der Waals surface area contributed by atoms with Gasteiger partial charge < -0.3 is 0 Å². The van der Waals surface area contributed by atoms with E-state index in [4.69, 9.17) is 9.98 Å². The summed E-state index contributed by atoms with van der Waals surface area (Å²) in [6.07, 6.45) is 1.83. The zero-order valence-corrected chi connectivity index (χ0v) is 13.8. The average molecular weight is 331 g/mol. The number of nitrogens with zero attached hydrogens (tertiary/aromatic N) is 3. The molecule has 6 rings (SSSR count). The van der Waals surface area contributed by atoms with Crippen molar-refractivity contribution >= 4 is 11.4 Å². The quantitative estimate of drug-likeness (QED) is 0.444. The van der Waals surface area contributed by atoms with Crippen LogP contribution in [0.2, 0.25) is 0 Å². The van der Waals surface area contributed by atoms with E-state index in [1.165, 1.54) is 10.4 Å². The van der Waals surface area contributed by atoms with E-state index in [0.29, 0.717) is 0 Å². The second kappa shape index (κ2) is 4.96. The minimum Gasteiger partial charge on any atom is -0.256 e. The molecule has 3 heteroatoms. The fraction of sp³-hybridized carbons (Fsp3) is 0. The number of hydrogen-bond acceptors (Lipinski definition) is 3. The summed E-state index contributed by atoms with van der Waals surface area (Å²) in [6, 6.07) is 24.8. The van der Waals surface area contributed by atoms with Crippen molar-refractivity contribution in [3.8, 4) is 22.4 Å². The van der Waals surface area contributed by atoms with Gasteiger partial charge in [0.15, 0.2) is 0 Å². The van der Waals surface area contributed by atoms with E-state index < -0.39 is 0 Å². The van der Waals surface area contributed by atoms with Crippen molar-refractivity contribution in [3.63, 3.8) is 0 Å². The summed E-state index contributed by atoms with van der Waals surface area (Å²) in [7, 11) is 0. The molecular formula is C23H13N3. The predicted molar refractivity (Wildman–Crippen MR) is 101 cm³/mol. The molecule has 0 atom stereocenters. The first kappa shape index (κ1) is 13.7. The van der Waals surface area contributed by atoms with Crippen LogP contribution in [-0.4, -0.2) is 4.98 Å². The van der Waals surface area contributed by atoms with E-state index in [0.717, 1.165) is 44.5 Å². The molecule has 0 bridgehead atoms. The Morgan fingerprint density at radius 1 is 0.577 bits per heavy atom. The molecule has 2 aliphatic rings. The Labute approximate surface area is 149 Å². The van der Waals surface area contributed by atoms with Gasteiger partial charge in [0.25, 0.3) is 0 Å². The van der Waals surface area contributed by atoms with Crippen molar-refractivity contribution in [3.05, 3.63) is 100 Å². The predicted octanol–water partition coefficient (Wildman–Crippen LogP) is 4.23. The topological polar surface area (TPSA) is 37.6 Å². The second-order valence-electron chi connectivity index (χ2n) is 6.51. The molecule has 0 amide bonds. The number of pyridine rings is 1. The number of benzene rings is 3. The van der Waals surface area contributed by atoms with Gasteiger partial charge in [-0.25, -0.2) is 9.98 Å². The van der Waals surface area contributed by atoms with E-state index in [-0.39, 0.29) is 0 Å². The highest BCUT2D eigenvalue weighted by molar-refractivity contribution is 5.96. The molecule has 4 aromatic rings. The maximum absolute atomic E-state index is 4.94. The van der Waals surface area contributed by atoms with Gasteiger partial charge in [0.2, 0.25) is 0 Å². The summed E-state index contributed by atoms with van der Waals surface area (Å²) >= 11 is 0. The monoisotopic (exact) mass is 331 g/mol. The summed E-state index contributed by atoms with van der Waals surface area (Å²) in [5.41, 5.74) is 6.33. The van der Waals surface area contributed by atoms with E-state index >= 15 is 0 Å². The molecule has 0 N–H and O–H groups in total. The van der Waals surface area contributed by atoms with Crippen LogP contribution in [0.15, 0.2) is 89.0 Å². The van der Waals surface area contributed by atoms with Crippen LogP contribution < -0.4 is 10.7 Å². The van der Waals surface area contributed by atoms with Crippen LogP contribution in [0.5, 0.6) is 0 Å². The van der Waals surface area contributed by atoms with Crippen LogP contribution in [0.25, 0.3) is 22.4 Å². The zero-order chi connectivity index (χ0) is 17.1. The second-order valence-corrected chi connectivity index (χ2v) is 6.51. The maximum Gasteiger partial charge on any atom is 0.0817 e. The Hall–Kier alpha value is -3.59. The van der Waals surface area contributed by atoms with Crippen LogP contribution in [0.1, 0.15) is 0 Å². The Bertz CT molecular complexity index is 1420. The van der Waals surface area contributed by atoms with Gasteiger partial charge in [-0.15, -0.1) is 0 Å². The molecule has 3 aromatic carbocycles. The molecular weight excluding hydrogens is 318 g/mol. The van der Waals surface area contributed by atoms with E-state index in [1.807, 2.05) is 36.5 Å². The summed E-state index contributed by atoms with van der Waals surface area (Å²) in [5, 5.41) is 4.38. The van der Waals surface area contributed by atoms with Crippen LogP contribution >= 0.6 is 0 Å². The van der Waals surface area contributed by atoms with Crippen molar-refractivity contribution in [1.82, 2.24) is 4.98 Å². The minimum atomic E-state index is 0.959. The van der Waals surface area contributed by atoms with Gasteiger partial charge in [-0.1, -0.05) is 36.4 Å². The Morgan fingerprint density at radius 2 is 1.50 bits per heavy atom. The number of aromatic nitrogens is 1. The van der Waals surface area contributed by atoms with E-state index in [9.17, 15) is 0 Å². The summed E-state index contributed by atoms with van der Waals surface area (Å²) < 4.78 is 0. The lowest BCUT2D eigenvalue weighted by atomic mass is 9.95. The largest absolute Gasteiger partial charge is 0.256 e. The molecule has 3 heterocycles. The third-order valence-electron chi connectivity index (χ3n) is 5.06. The van der Waals surface area contributed by atoms with Gasteiger partial charge in [-0.05, 0) is 36.4 Å². The Kier molecular flexibility index (Phi) is 2.61.